The molecule has 1 aromatic rings. The molecular weight excluding hydrogens is 398 g/mol. The third-order valence-corrected chi connectivity index (χ3v) is 7.29. The van der Waals surface area contributed by atoms with Crippen LogP contribution < -0.4 is 5.32 Å². The molecule has 1 N–H and O–H groups in total. The number of carbonyl (C=O) groups is 1. The molecule has 2 aliphatic heterocycles. The molecule has 0 unspecified atom stereocenters. The van der Waals surface area contributed by atoms with Crippen molar-refractivity contribution in [2.75, 3.05) is 44.6 Å². The Morgan fingerprint density at radius 2 is 1.83 bits per heavy atom. The molecule has 11 heteroatoms. The highest BCUT2D eigenvalue weighted by Gasteiger charge is 2.38. The van der Waals surface area contributed by atoms with E-state index in [1.54, 1.807) is 13.0 Å². The van der Waals surface area contributed by atoms with Gasteiger partial charge in [-0.25, -0.2) is 0 Å². The second-order valence-electron chi connectivity index (χ2n) is 7.75. The topological polar surface area (TPSA) is 108 Å². The van der Waals surface area contributed by atoms with E-state index in [1.807, 2.05) is 25.7 Å². The van der Waals surface area contributed by atoms with Gasteiger partial charge in [0.1, 0.15) is 5.76 Å². The van der Waals surface area contributed by atoms with Crippen LogP contribution in [0.5, 0.6) is 0 Å². The molecule has 1 amide bonds. The van der Waals surface area contributed by atoms with E-state index in [-0.39, 0.29) is 24.2 Å². The van der Waals surface area contributed by atoms with Crippen molar-refractivity contribution in [2.45, 2.75) is 52.4 Å². The first-order chi connectivity index (χ1) is 13.7. The first-order valence-corrected chi connectivity index (χ1v) is 11.5. The summed E-state index contributed by atoms with van der Waals surface area (Å²) < 4.78 is 39.7. The smallest absolute Gasteiger partial charge is 0.282 e. The maximum absolute atomic E-state index is 13.0. The van der Waals surface area contributed by atoms with Crippen molar-refractivity contribution < 1.29 is 22.5 Å². The highest BCUT2D eigenvalue weighted by atomic mass is 32.2. The molecule has 3 rings (SSSR count). The molecule has 0 spiro atoms. The van der Waals surface area contributed by atoms with Crippen LogP contribution in [0.3, 0.4) is 0 Å². The summed E-state index contributed by atoms with van der Waals surface area (Å²) in [6, 6.07) is 1.32. The SMILES string of the molecule is CC[C@H](C(=O)Nc1cc(C)on1)N1CCN(S(=O)(=O)N2C[C@H](C)O[C@@H](C)C2)CC1. The molecular formula is C18H31N5O5S. The van der Waals surface area contributed by atoms with Crippen LogP contribution in [0, 0.1) is 6.92 Å². The van der Waals surface area contributed by atoms with Crippen LogP contribution in [0.15, 0.2) is 10.6 Å². The molecule has 3 atom stereocenters. The average Bonchev–Trinajstić information content (AvgIpc) is 3.06. The Morgan fingerprint density at radius 1 is 1.21 bits per heavy atom. The third kappa shape index (κ3) is 5.15. The molecule has 2 saturated heterocycles. The van der Waals surface area contributed by atoms with E-state index in [9.17, 15) is 13.2 Å². The Kier molecular flexibility index (Phi) is 6.94. The van der Waals surface area contributed by atoms with E-state index in [2.05, 4.69) is 10.5 Å². The van der Waals surface area contributed by atoms with Crippen molar-refractivity contribution >= 4 is 21.9 Å². The minimum absolute atomic E-state index is 0.122. The molecule has 164 valence electrons. The standard InChI is InChI=1S/C18H31N5O5S/c1-5-16(18(24)19-17-10-13(2)28-20-17)21-6-8-22(9-7-21)29(25,26)23-11-14(3)27-15(4)12-23/h10,14-16H,5-9,11-12H2,1-4H3,(H,19,20,24)/t14-,15-,16+/m0/s1. The van der Waals surface area contributed by atoms with Gasteiger partial charge in [-0.3, -0.25) is 9.69 Å². The van der Waals surface area contributed by atoms with Gasteiger partial charge in [0.05, 0.1) is 18.2 Å². The molecule has 0 aromatic carbocycles. The fourth-order valence-electron chi connectivity index (χ4n) is 3.97. The van der Waals surface area contributed by atoms with E-state index >= 15 is 0 Å². The predicted octanol–water partition coefficient (Wildman–Crippen LogP) is 0.672. The number of nitrogens with zero attached hydrogens (tertiary/aromatic N) is 4. The van der Waals surface area contributed by atoms with Gasteiger partial charge in [0, 0.05) is 45.3 Å². The van der Waals surface area contributed by atoms with E-state index < -0.39 is 10.2 Å². The third-order valence-electron chi connectivity index (χ3n) is 5.32. The van der Waals surface area contributed by atoms with Gasteiger partial charge in [0.25, 0.3) is 10.2 Å². The predicted molar refractivity (Wildman–Crippen MR) is 108 cm³/mol. The minimum Gasteiger partial charge on any atom is -0.373 e. The van der Waals surface area contributed by atoms with Crippen molar-refractivity contribution in [3.8, 4) is 0 Å². The lowest BCUT2D eigenvalue weighted by Crippen LogP contribution is -2.59. The molecule has 29 heavy (non-hydrogen) atoms. The number of rotatable bonds is 6. The number of amides is 1. The first-order valence-electron chi connectivity index (χ1n) is 10.1. The molecule has 0 radical (unpaired) electrons. The fourth-order valence-corrected chi connectivity index (χ4v) is 5.72. The van der Waals surface area contributed by atoms with E-state index in [4.69, 9.17) is 9.26 Å². The van der Waals surface area contributed by atoms with Crippen LogP contribution in [0.25, 0.3) is 0 Å². The lowest BCUT2D eigenvalue weighted by Gasteiger charge is -2.41. The molecule has 10 nitrogen and oxygen atoms in total. The lowest BCUT2D eigenvalue weighted by atomic mass is 10.1. The Balaban J connectivity index is 1.59. The second kappa shape index (κ2) is 9.09. The van der Waals surface area contributed by atoms with E-state index in [0.717, 1.165) is 0 Å². The monoisotopic (exact) mass is 429 g/mol. The molecule has 0 bridgehead atoms. The number of carbonyl (C=O) groups excluding carboxylic acids is 1. The number of aromatic nitrogens is 1. The summed E-state index contributed by atoms with van der Waals surface area (Å²) in [6.07, 6.45) is 0.375. The Labute approximate surface area is 172 Å². The van der Waals surface area contributed by atoms with Gasteiger partial charge in [-0.15, -0.1) is 0 Å². The summed E-state index contributed by atoms with van der Waals surface area (Å²) in [5.41, 5.74) is 0. The van der Waals surface area contributed by atoms with Crippen LogP contribution in [-0.4, -0.2) is 90.5 Å². The van der Waals surface area contributed by atoms with Gasteiger partial charge in [0.2, 0.25) is 5.91 Å². The summed E-state index contributed by atoms with van der Waals surface area (Å²) in [5, 5.41) is 6.57. The Morgan fingerprint density at radius 3 is 2.34 bits per heavy atom. The molecule has 2 aliphatic rings. The van der Waals surface area contributed by atoms with E-state index in [1.165, 1.54) is 8.61 Å². The van der Waals surface area contributed by atoms with Gasteiger partial charge in [0.15, 0.2) is 5.82 Å². The van der Waals surface area contributed by atoms with Crippen molar-refractivity contribution in [3.05, 3.63) is 11.8 Å². The summed E-state index contributed by atoms with van der Waals surface area (Å²) in [4.78, 5) is 14.7. The summed E-state index contributed by atoms with van der Waals surface area (Å²) in [7, 11) is -3.54. The van der Waals surface area contributed by atoms with Gasteiger partial charge < -0.3 is 14.6 Å². The number of nitrogens with one attached hydrogen (secondary N) is 1. The summed E-state index contributed by atoms with van der Waals surface area (Å²) >= 11 is 0. The lowest BCUT2D eigenvalue weighted by molar-refractivity contribution is -0.122. The average molecular weight is 430 g/mol. The van der Waals surface area contributed by atoms with Crippen molar-refractivity contribution in [3.63, 3.8) is 0 Å². The van der Waals surface area contributed by atoms with Crippen molar-refractivity contribution in [2.24, 2.45) is 0 Å². The number of hydrogen-bond donors (Lipinski definition) is 1. The van der Waals surface area contributed by atoms with Crippen molar-refractivity contribution in [1.29, 1.82) is 0 Å². The van der Waals surface area contributed by atoms with Crippen LogP contribution in [0.4, 0.5) is 5.82 Å². The molecule has 2 fully saturated rings. The Hall–Kier alpha value is -1.53. The zero-order valence-electron chi connectivity index (χ0n) is 17.5. The number of morpholine rings is 1. The maximum Gasteiger partial charge on any atom is 0.282 e. The largest absolute Gasteiger partial charge is 0.373 e. The first kappa shape index (κ1) is 22.2. The molecule has 1 aromatic heterocycles. The van der Waals surface area contributed by atoms with Crippen molar-refractivity contribution in [1.82, 2.24) is 18.7 Å². The zero-order chi connectivity index (χ0) is 21.2. The fraction of sp³-hybridized carbons (Fsp3) is 0.778. The second-order valence-corrected chi connectivity index (χ2v) is 9.68. The van der Waals surface area contributed by atoms with Crippen LogP contribution in [0.1, 0.15) is 33.0 Å². The van der Waals surface area contributed by atoms with E-state index in [0.29, 0.717) is 57.3 Å². The van der Waals surface area contributed by atoms with Crippen LogP contribution in [-0.2, 0) is 19.7 Å². The van der Waals surface area contributed by atoms with Gasteiger partial charge in [-0.2, -0.15) is 17.0 Å². The molecule has 0 saturated carbocycles. The number of anilines is 1. The number of piperazine rings is 1. The minimum atomic E-state index is -3.54. The normalized spacial score (nSPS) is 26.3. The van der Waals surface area contributed by atoms with Gasteiger partial charge in [-0.1, -0.05) is 12.1 Å². The number of ether oxygens (including phenoxy) is 1. The molecule has 3 heterocycles. The van der Waals surface area contributed by atoms with Crippen LogP contribution in [0.2, 0.25) is 0 Å². The zero-order valence-corrected chi connectivity index (χ0v) is 18.3. The highest BCUT2D eigenvalue weighted by Crippen LogP contribution is 2.20. The number of aryl methyl sites for hydroxylation is 1. The maximum atomic E-state index is 13.0. The summed E-state index contributed by atoms with van der Waals surface area (Å²) in [5.74, 6) is 0.856. The van der Waals surface area contributed by atoms with Crippen LogP contribution >= 0.6 is 0 Å². The van der Waals surface area contributed by atoms with Gasteiger partial charge >= 0.3 is 0 Å². The van der Waals surface area contributed by atoms with Gasteiger partial charge in [-0.05, 0) is 27.2 Å². The molecule has 0 aliphatic carbocycles. The quantitative estimate of drug-likeness (QED) is 0.708. The number of hydrogen-bond acceptors (Lipinski definition) is 7. The Bertz CT molecular complexity index is 795. The summed E-state index contributed by atoms with van der Waals surface area (Å²) in [6.45, 7) is 9.91. The highest BCUT2D eigenvalue weighted by molar-refractivity contribution is 7.86.